The van der Waals surface area contributed by atoms with E-state index in [4.69, 9.17) is 9.47 Å². The average Bonchev–Trinajstić information content (AvgIpc) is 3.29. The van der Waals surface area contributed by atoms with Gasteiger partial charge in [0, 0.05) is 43.0 Å². The van der Waals surface area contributed by atoms with Crippen LogP contribution >= 0.6 is 0 Å². The highest BCUT2D eigenvalue weighted by Crippen LogP contribution is 2.41. The maximum Gasteiger partial charge on any atom is 0.354 e. The molecule has 2 aliphatic rings. The molecule has 2 aliphatic heterocycles. The summed E-state index contributed by atoms with van der Waals surface area (Å²) in [6.45, 7) is 6.38. The summed E-state index contributed by atoms with van der Waals surface area (Å²) in [5.41, 5.74) is 0.984. The van der Waals surface area contributed by atoms with Crippen LogP contribution in [0.5, 0.6) is 0 Å². The third kappa shape index (κ3) is 4.46. The number of esters is 1. The lowest BCUT2D eigenvalue weighted by Crippen LogP contribution is -2.42. The summed E-state index contributed by atoms with van der Waals surface area (Å²) in [5, 5.41) is 11.4. The van der Waals surface area contributed by atoms with Gasteiger partial charge in [-0.15, -0.1) is 0 Å². The van der Waals surface area contributed by atoms with Crippen molar-refractivity contribution in [3.05, 3.63) is 63.7 Å². The lowest BCUT2D eigenvalue weighted by molar-refractivity contribution is -0.140. The summed E-state index contributed by atoms with van der Waals surface area (Å²) >= 11 is 0. The van der Waals surface area contributed by atoms with Gasteiger partial charge in [0.25, 0.3) is 11.7 Å². The van der Waals surface area contributed by atoms with Crippen LogP contribution in [0.4, 0.5) is 4.39 Å². The molecular formula is C25H28FN3O6. The highest BCUT2D eigenvalue weighted by Gasteiger charge is 2.47. The Kier molecular flexibility index (Phi) is 7.04. The van der Waals surface area contributed by atoms with Gasteiger partial charge in [-0.3, -0.25) is 14.5 Å². The Morgan fingerprint density at radius 1 is 1.20 bits per heavy atom. The minimum atomic E-state index is -1.12. The number of aliphatic hydroxyl groups excluding tert-OH is 1. The number of carbonyl (C=O) groups excluding carboxylic acids is 3. The molecule has 1 aromatic heterocycles. The fourth-order valence-corrected chi connectivity index (χ4v) is 4.75. The van der Waals surface area contributed by atoms with Crippen molar-refractivity contribution in [2.45, 2.75) is 19.9 Å². The highest BCUT2D eigenvalue weighted by molar-refractivity contribution is 6.46. The Morgan fingerprint density at radius 2 is 1.89 bits per heavy atom. The number of methoxy groups -OCH3 is 1. The molecule has 2 N–H and O–H groups in total. The average molecular weight is 486 g/mol. The third-order valence-corrected chi connectivity index (χ3v) is 6.56. The lowest BCUT2D eigenvalue weighted by Gasteiger charge is -2.31. The molecule has 1 atom stereocenters. The van der Waals surface area contributed by atoms with E-state index in [9.17, 15) is 23.9 Å². The first-order valence-electron chi connectivity index (χ1n) is 11.4. The molecule has 2 saturated heterocycles. The second-order valence-corrected chi connectivity index (χ2v) is 8.58. The number of aromatic amines is 1. The van der Waals surface area contributed by atoms with E-state index in [1.807, 2.05) is 0 Å². The van der Waals surface area contributed by atoms with Crippen molar-refractivity contribution >= 4 is 23.4 Å². The Balaban J connectivity index is 1.82. The monoisotopic (exact) mass is 485 g/mol. The van der Waals surface area contributed by atoms with E-state index >= 15 is 0 Å². The van der Waals surface area contributed by atoms with Crippen LogP contribution in [-0.4, -0.2) is 84.1 Å². The number of carbonyl (C=O) groups is 3. The minimum absolute atomic E-state index is 0.106. The number of nitrogens with one attached hydrogen (secondary N) is 1. The van der Waals surface area contributed by atoms with Crippen LogP contribution in [0.2, 0.25) is 0 Å². The van der Waals surface area contributed by atoms with E-state index in [-0.39, 0.29) is 28.9 Å². The first kappa shape index (κ1) is 24.6. The molecule has 0 unspecified atom stereocenters. The molecule has 1 amide bonds. The Morgan fingerprint density at radius 3 is 2.54 bits per heavy atom. The molecule has 0 saturated carbocycles. The van der Waals surface area contributed by atoms with Gasteiger partial charge in [-0.25, -0.2) is 9.18 Å². The second-order valence-electron chi connectivity index (χ2n) is 8.58. The maximum atomic E-state index is 15.0. The number of H-pyrrole nitrogens is 1. The summed E-state index contributed by atoms with van der Waals surface area (Å²) in [5.74, 6) is -3.42. The number of rotatable bonds is 6. The number of amides is 1. The molecule has 1 aromatic carbocycles. The number of ketones is 1. The van der Waals surface area contributed by atoms with E-state index in [1.165, 1.54) is 30.2 Å². The van der Waals surface area contributed by atoms with Crippen molar-refractivity contribution in [3.63, 3.8) is 0 Å². The van der Waals surface area contributed by atoms with Gasteiger partial charge in [-0.2, -0.15) is 0 Å². The van der Waals surface area contributed by atoms with Crippen molar-refractivity contribution in [2.75, 3.05) is 46.5 Å². The van der Waals surface area contributed by atoms with Gasteiger partial charge in [0.2, 0.25) is 0 Å². The van der Waals surface area contributed by atoms with Gasteiger partial charge >= 0.3 is 5.97 Å². The fraction of sp³-hybridized carbons (Fsp3) is 0.400. The van der Waals surface area contributed by atoms with Crippen molar-refractivity contribution in [3.8, 4) is 0 Å². The van der Waals surface area contributed by atoms with Crippen LogP contribution in [0.15, 0.2) is 29.8 Å². The number of nitrogens with zero attached hydrogens (tertiary/aromatic N) is 2. The van der Waals surface area contributed by atoms with Crippen LogP contribution < -0.4 is 0 Å². The van der Waals surface area contributed by atoms with Gasteiger partial charge in [0.1, 0.15) is 17.3 Å². The summed E-state index contributed by atoms with van der Waals surface area (Å²) in [4.78, 5) is 44.8. The molecule has 9 nitrogen and oxygen atoms in total. The summed E-state index contributed by atoms with van der Waals surface area (Å²) in [6.07, 6.45) is 0. The molecule has 2 aromatic rings. The van der Waals surface area contributed by atoms with Crippen LogP contribution in [0, 0.1) is 19.7 Å². The van der Waals surface area contributed by atoms with E-state index in [0.29, 0.717) is 44.1 Å². The standard InChI is InChI=1S/C25H28FN3O6/c1-14-18(15(2)27-20(14)25(33)34-3)22(30)19-21(16-6-4-5-7-17(16)26)29(24(32)23(19)31)9-8-28-10-12-35-13-11-28/h4-7,21,27,30H,8-13H2,1-3H3/t21-/m0/s1. The number of aryl methyl sites for hydroxylation is 1. The van der Waals surface area contributed by atoms with Gasteiger partial charge in [0.15, 0.2) is 0 Å². The lowest BCUT2D eigenvalue weighted by atomic mass is 9.93. The Hall–Kier alpha value is -3.50. The SMILES string of the molecule is COC(=O)c1[nH]c(C)c(C(O)=C2C(=O)C(=O)N(CCN3CCOCC3)[C@H]2c2ccccc2F)c1C. The Labute approximate surface area is 202 Å². The highest BCUT2D eigenvalue weighted by atomic mass is 19.1. The van der Waals surface area contributed by atoms with Crippen LogP contribution in [0.25, 0.3) is 5.76 Å². The number of Topliss-reactive ketones (excluding diaryl/α,β-unsaturated/α-hetero) is 1. The molecule has 35 heavy (non-hydrogen) atoms. The van der Waals surface area contributed by atoms with Gasteiger partial charge < -0.3 is 24.5 Å². The molecule has 4 rings (SSSR count). The summed E-state index contributed by atoms with van der Waals surface area (Å²) < 4.78 is 25.1. The molecule has 186 valence electrons. The van der Waals surface area contributed by atoms with E-state index in [2.05, 4.69) is 9.88 Å². The molecular weight excluding hydrogens is 457 g/mol. The zero-order valence-electron chi connectivity index (χ0n) is 19.9. The van der Waals surface area contributed by atoms with Crippen molar-refractivity contribution in [1.82, 2.24) is 14.8 Å². The predicted molar refractivity (Wildman–Crippen MR) is 124 cm³/mol. The number of aliphatic hydroxyl groups is 1. The Bertz CT molecular complexity index is 1200. The van der Waals surface area contributed by atoms with E-state index in [0.717, 1.165) is 0 Å². The van der Waals surface area contributed by atoms with Gasteiger partial charge in [0.05, 0.1) is 31.9 Å². The fourth-order valence-electron chi connectivity index (χ4n) is 4.75. The number of halogens is 1. The first-order valence-corrected chi connectivity index (χ1v) is 11.4. The van der Waals surface area contributed by atoms with Crippen LogP contribution in [0.3, 0.4) is 0 Å². The number of ether oxygens (including phenoxy) is 2. The van der Waals surface area contributed by atoms with Crippen molar-refractivity contribution < 1.29 is 33.4 Å². The molecule has 3 heterocycles. The number of aromatic nitrogens is 1. The van der Waals surface area contributed by atoms with Crippen LogP contribution in [0.1, 0.15) is 38.9 Å². The quantitative estimate of drug-likeness (QED) is 0.280. The van der Waals surface area contributed by atoms with Crippen molar-refractivity contribution in [1.29, 1.82) is 0 Å². The molecule has 0 radical (unpaired) electrons. The number of morpholine rings is 1. The second kappa shape index (κ2) is 10.0. The maximum absolute atomic E-state index is 15.0. The molecule has 0 bridgehead atoms. The minimum Gasteiger partial charge on any atom is -0.507 e. The smallest absolute Gasteiger partial charge is 0.354 e. The van der Waals surface area contributed by atoms with Gasteiger partial charge in [-0.05, 0) is 25.5 Å². The number of likely N-dealkylation sites (tertiary alicyclic amines) is 1. The summed E-state index contributed by atoms with van der Waals surface area (Å²) in [7, 11) is 1.23. The van der Waals surface area contributed by atoms with Crippen molar-refractivity contribution in [2.24, 2.45) is 0 Å². The third-order valence-electron chi connectivity index (χ3n) is 6.56. The first-order chi connectivity index (χ1) is 16.8. The van der Waals surface area contributed by atoms with Crippen LogP contribution in [-0.2, 0) is 19.1 Å². The topological polar surface area (TPSA) is 112 Å². The predicted octanol–water partition coefficient (Wildman–Crippen LogP) is 2.31. The number of hydrogen-bond donors (Lipinski definition) is 2. The number of benzene rings is 1. The van der Waals surface area contributed by atoms with Gasteiger partial charge in [-0.1, -0.05) is 18.2 Å². The molecule has 10 heteroatoms. The summed E-state index contributed by atoms with van der Waals surface area (Å²) in [6, 6.07) is 4.76. The molecule has 2 fully saturated rings. The zero-order chi connectivity index (χ0) is 25.3. The molecule has 0 aliphatic carbocycles. The van der Waals surface area contributed by atoms with E-state index < -0.39 is 35.3 Å². The van der Waals surface area contributed by atoms with E-state index in [1.54, 1.807) is 19.9 Å². The molecule has 0 spiro atoms. The zero-order valence-corrected chi connectivity index (χ0v) is 19.9. The number of hydrogen-bond acceptors (Lipinski definition) is 7. The normalized spacial score (nSPS) is 20.5. The largest absolute Gasteiger partial charge is 0.507 e.